The van der Waals surface area contributed by atoms with Gasteiger partial charge in [0.2, 0.25) is 0 Å². The van der Waals surface area contributed by atoms with Crippen LogP contribution in [0.3, 0.4) is 0 Å². The van der Waals surface area contributed by atoms with E-state index in [1.54, 1.807) is 0 Å². The van der Waals surface area contributed by atoms with Crippen molar-refractivity contribution >= 4 is 44.6 Å². The van der Waals surface area contributed by atoms with Gasteiger partial charge in [-0.1, -0.05) is 23.7 Å². The molecule has 0 aromatic heterocycles. The lowest BCUT2D eigenvalue weighted by Gasteiger charge is -2.11. The minimum absolute atomic E-state index is 0.0229. The maximum absolute atomic E-state index is 13.1. The number of rotatable bonds is 7. The van der Waals surface area contributed by atoms with Crippen molar-refractivity contribution in [3.63, 3.8) is 0 Å². The second kappa shape index (κ2) is 9.80. The molecule has 3 aromatic rings. The van der Waals surface area contributed by atoms with Gasteiger partial charge in [-0.3, -0.25) is 9.59 Å². The largest absolute Gasteiger partial charge is 0.484 e. The Bertz CT molecular complexity index is 1280. The van der Waals surface area contributed by atoms with Gasteiger partial charge in [0.15, 0.2) is 16.4 Å². The number of hydrogen-bond donors (Lipinski definition) is 2. The van der Waals surface area contributed by atoms with Gasteiger partial charge < -0.3 is 15.4 Å². The Morgan fingerprint density at radius 1 is 1.00 bits per heavy atom. The number of benzene rings is 3. The smallest absolute Gasteiger partial charge is 0.262 e. The lowest BCUT2D eigenvalue weighted by molar-refractivity contribution is -0.118. The quantitative estimate of drug-likeness (QED) is 0.533. The highest BCUT2D eigenvalue weighted by Crippen LogP contribution is 2.26. The van der Waals surface area contributed by atoms with Gasteiger partial charge in [-0.25, -0.2) is 12.8 Å². The highest BCUT2D eigenvalue weighted by molar-refractivity contribution is 7.90. The van der Waals surface area contributed by atoms with Gasteiger partial charge in [-0.05, 0) is 48.5 Å². The molecule has 0 spiro atoms. The Labute approximate surface area is 189 Å². The maximum Gasteiger partial charge on any atom is 0.262 e. The van der Waals surface area contributed by atoms with Crippen LogP contribution < -0.4 is 15.4 Å². The zero-order valence-corrected chi connectivity index (χ0v) is 18.3. The van der Waals surface area contributed by atoms with Crippen LogP contribution in [-0.2, 0) is 14.6 Å². The van der Waals surface area contributed by atoms with Gasteiger partial charge in [0.05, 0.1) is 15.6 Å². The Hall–Kier alpha value is -3.43. The summed E-state index contributed by atoms with van der Waals surface area (Å²) in [5, 5.41) is 5.34. The number of nitrogens with one attached hydrogen (secondary N) is 2. The Kier molecular flexibility index (Phi) is 7.12. The van der Waals surface area contributed by atoms with Crippen LogP contribution in [0.2, 0.25) is 5.02 Å². The summed E-state index contributed by atoms with van der Waals surface area (Å²) < 4.78 is 41.7. The molecule has 0 radical (unpaired) electrons. The molecule has 0 fully saturated rings. The molecule has 0 bridgehead atoms. The van der Waals surface area contributed by atoms with Crippen LogP contribution in [0.4, 0.5) is 15.8 Å². The van der Waals surface area contributed by atoms with E-state index in [0.29, 0.717) is 5.69 Å². The first-order valence-electron chi connectivity index (χ1n) is 9.21. The molecular formula is C22H18ClFN2O5S. The minimum atomic E-state index is -3.46. The van der Waals surface area contributed by atoms with Gasteiger partial charge in [-0.2, -0.15) is 0 Å². The first kappa shape index (κ1) is 23.2. The number of halogens is 2. The van der Waals surface area contributed by atoms with E-state index in [4.69, 9.17) is 16.3 Å². The van der Waals surface area contributed by atoms with Crippen LogP contribution in [0.25, 0.3) is 0 Å². The number of carbonyl (C=O) groups excluding carboxylic acids is 2. The van der Waals surface area contributed by atoms with Crippen molar-refractivity contribution in [2.75, 3.05) is 23.5 Å². The van der Waals surface area contributed by atoms with E-state index in [2.05, 4.69) is 10.6 Å². The van der Waals surface area contributed by atoms with Gasteiger partial charge in [-0.15, -0.1) is 0 Å². The highest BCUT2D eigenvalue weighted by atomic mass is 35.5. The zero-order valence-electron chi connectivity index (χ0n) is 16.8. The first-order valence-corrected chi connectivity index (χ1v) is 11.5. The van der Waals surface area contributed by atoms with Crippen LogP contribution >= 0.6 is 11.6 Å². The summed E-state index contributed by atoms with van der Waals surface area (Å²) in [4.78, 5) is 24.5. The standard InChI is InChI=1S/C22H18ClFN2O5S/c1-32(29,30)18-7-2-4-14(10-18)22(28)26-20-9-8-16(12-19(20)23)25-21(27)13-31-17-6-3-5-15(24)11-17/h2-12H,13H2,1H3,(H,25,27)(H,26,28). The van der Waals surface area contributed by atoms with Crippen LogP contribution in [-0.4, -0.2) is 33.1 Å². The molecule has 0 saturated heterocycles. The molecule has 0 saturated carbocycles. The van der Waals surface area contributed by atoms with Crippen molar-refractivity contribution in [3.8, 4) is 5.75 Å². The van der Waals surface area contributed by atoms with E-state index >= 15 is 0 Å². The normalized spacial score (nSPS) is 11.0. The summed E-state index contributed by atoms with van der Waals surface area (Å²) in [5.74, 6) is -1.29. The molecule has 3 rings (SSSR count). The maximum atomic E-state index is 13.1. The SMILES string of the molecule is CS(=O)(=O)c1cccc(C(=O)Nc2ccc(NC(=O)COc3cccc(F)c3)cc2Cl)c1. The Morgan fingerprint density at radius 2 is 1.75 bits per heavy atom. The molecular weight excluding hydrogens is 459 g/mol. The molecule has 0 aliphatic rings. The molecule has 0 atom stereocenters. The fourth-order valence-corrected chi connectivity index (χ4v) is 3.55. The molecule has 2 N–H and O–H groups in total. The monoisotopic (exact) mass is 476 g/mol. The highest BCUT2D eigenvalue weighted by Gasteiger charge is 2.14. The topological polar surface area (TPSA) is 102 Å². The predicted octanol–water partition coefficient (Wildman–Crippen LogP) is 4.15. The number of sulfone groups is 1. The lowest BCUT2D eigenvalue weighted by Crippen LogP contribution is -2.20. The van der Waals surface area contributed by atoms with E-state index in [-0.39, 0.29) is 33.5 Å². The zero-order chi connectivity index (χ0) is 23.3. The molecule has 166 valence electrons. The number of amides is 2. The molecule has 2 amide bonds. The Balaban J connectivity index is 1.62. The number of carbonyl (C=O) groups is 2. The molecule has 10 heteroatoms. The summed E-state index contributed by atoms with van der Waals surface area (Å²) in [6.45, 7) is -0.337. The third-order valence-electron chi connectivity index (χ3n) is 4.19. The lowest BCUT2D eigenvalue weighted by atomic mass is 10.2. The minimum Gasteiger partial charge on any atom is -0.484 e. The van der Waals surface area contributed by atoms with Crippen LogP contribution in [0.1, 0.15) is 10.4 Å². The molecule has 7 nitrogen and oxygen atoms in total. The van der Waals surface area contributed by atoms with Crippen molar-refractivity contribution in [1.82, 2.24) is 0 Å². The van der Waals surface area contributed by atoms with Gasteiger partial charge in [0.25, 0.3) is 11.8 Å². The van der Waals surface area contributed by atoms with Gasteiger partial charge in [0.1, 0.15) is 11.6 Å². The van der Waals surface area contributed by atoms with Gasteiger partial charge in [0, 0.05) is 23.6 Å². The van der Waals surface area contributed by atoms with Crippen molar-refractivity contribution < 1.29 is 27.1 Å². The predicted molar refractivity (Wildman–Crippen MR) is 119 cm³/mol. The van der Waals surface area contributed by atoms with Gasteiger partial charge >= 0.3 is 0 Å². The molecule has 0 unspecified atom stereocenters. The second-order valence-electron chi connectivity index (χ2n) is 6.74. The molecule has 3 aromatic carbocycles. The molecule has 0 heterocycles. The summed E-state index contributed by atoms with van der Waals surface area (Å²) in [6.07, 6.45) is 1.05. The average molecular weight is 477 g/mol. The molecule has 0 aliphatic carbocycles. The van der Waals surface area contributed by atoms with Crippen molar-refractivity contribution in [2.24, 2.45) is 0 Å². The first-order chi connectivity index (χ1) is 15.1. The summed E-state index contributed by atoms with van der Waals surface area (Å²) >= 11 is 6.20. The van der Waals surface area contributed by atoms with E-state index in [9.17, 15) is 22.4 Å². The fraction of sp³-hybridized carbons (Fsp3) is 0.0909. The number of hydrogen-bond acceptors (Lipinski definition) is 5. The van der Waals surface area contributed by atoms with Crippen molar-refractivity contribution in [3.05, 3.63) is 83.1 Å². The van der Waals surface area contributed by atoms with Crippen LogP contribution in [0, 0.1) is 5.82 Å². The summed E-state index contributed by atoms with van der Waals surface area (Å²) in [7, 11) is -3.46. The summed E-state index contributed by atoms with van der Waals surface area (Å²) in [5.41, 5.74) is 0.784. The second-order valence-corrected chi connectivity index (χ2v) is 9.17. The molecule has 0 aliphatic heterocycles. The van der Waals surface area contributed by atoms with E-state index in [1.165, 1.54) is 60.7 Å². The third kappa shape index (κ3) is 6.29. The third-order valence-corrected chi connectivity index (χ3v) is 5.61. The van der Waals surface area contributed by atoms with Crippen LogP contribution in [0.5, 0.6) is 5.75 Å². The summed E-state index contributed by atoms with van der Waals surface area (Å²) in [6, 6.07) is 15.5. The van der Waals surface area contributed by atoms with E-state index in [1.807, 2.05) is 0 Å². The number of ether oxygens (including phenoxy) is 1. The molecule has 32 heavy (non-hydrogen) atoms. The fourth-order valence-electron chi connectivity index (χ4n) is 2.66. The van der Waals surface area contributed by atoms with Crippen molar-refractivity contribution in [1.29, 1.82) is 0 Å². The Morgan fingerprint density at radius 3 is 2.44 bits per heavy atom. The average Bonchev–Trinajstić information content (AvgIpc) is 2.74. The van der Waals surface area contributed by atoms with Crippen molar-refractivity contribution in [2.45, 2.75) is 4.90 Å². The van der Waals surface area contributed by atoms with E-state index in [0.717, 1.165) is 12.3 Å². The van der Waals surface area contributed by atoms with E-state index < -0.39 is 27.5 Å². The number of anilines is 2. The van der Waals surface area contributed by atoms with Crippen LogP contribution in [0.15, 0.2) is 71.6 Å².